The minimum Gasteiger partial charge on any atom is -0.481 e. The zero-order chi connectivity index (χ0) is 20.2. The summed E-state index contributed by atoms with van der Waals surface area (Å²) in [5.41, 5.74) is 5.95. The molecule has 6 nitrogen and oxygen atoms in total. The van der Waals surface area contributed by atoms with E-state index in [1.807, 2.05) is 24.3 Å². The average molecular weight is 388 g/mol. The summed E-state index contributed by atoms with van der Waals surface area (Å²) >= 11 is 0. The van der Waals surface area contributed by atoms with Crippen molar-refractivity contribution in [1.29, 1.82) is 0 Å². The predicted molar refractivity (Wildman–Crippen MR) is 107 cm³/mol. The SMILES string of the molecule is O=C(O)Cc1ccc(CNC(=O)OCC2c3ccccc3-c3ccccc32)cn1. The van der Waals surface area contributed by atoms with Gasteiger partial charge in [-0.1, -0.05) is 54.6 Å². The second-order valence-corrected chi connectivity index (χ2v) is 6.91. The number of nitrogens with zero attached hydrogens (tertiary/aromatic N) is 1. The van der Waals surface area contributed by atoms with E-state index in [9.17, 15) is 9.59 Å². The van der Waals surface area contributed by atoms with Gasteiger partial charge < -0.3 is 15.2 Å². The Bertz CT molecular complexity index is 1000. The van der Waals surface area contributed by atoms with Gasteiger partial charge in [-0.3, -0.25) is 9.78 Å². The predicted octanol–water partition coefficient (Wildman–Crippen LogP) is 3.75. The number of ether oxygens (including phenoxy) is 1. The topological polar surface area (TPSA) is 88.5 Å². The molecule has 1 aliphatic rings. The van der Waals surface area contributed by atoms with E-state index in [1.54, 1.807) is 18.3 Å². The van der Waals surface area contributed by atoms with E-state index in [0.717, 1.165) is 5.56 Å². The van der Waals surface area contributed by atoms with E-state index in [1.165, 1.54) is 22.3 Å². The van der Waals surface area contributed by atoms with E-state index in [0.29, 0.717) is 5.69 Å². The van der Waals surface area contributed by atoms with E-state index >= 15 is 0 Å². The number of carboxylic acids is 1. The van der Waals surface area contributed by atoms with Gasteiger partial charge in [0.05, 0.1) is 12.1 Å². The van der Waals surface area contributed by atoms with Crippen molar-refractivity contribution in [2.75, 3.05) is 6.61 Å². The number of benzene rings is 2. The lowest BCUT2D eigenvalue weighted by molar-refractivity contribution is -0.136. The van der Waals surface area contributed by atoms with Crippen LogP contribution in [0.2, 0.25) is 0 Å². The molecule has 1 amide bonds. The second kappa shape index (κ2) is 8.14. The van der Waals surface area contributed by atoms with Crippen LogP contribution < -0.4 is 5.32 Å². The van der Waals surface area contributed by atoms with Crippen LogP contribution in [-0.2, 0) is 22.5 Å². The Kier molecular flexibility index (Phi) is 5.24. The summed E-state index contributed by atoms with van der Waals surface area (Å²) in [6.07, 6.45) is 0.934. The van der Waals surface area contributed by atoms with Crippen LogP contribution in [-0.4, -0.2) is 28.8 Å². The number of carboxylic acid groups (broad SMARTS) is 1. The molecule has 1 aliphatic carbocycles. The number of amides is 1. The molecule has 2 N–H and O–H groups in total. The molecule has 1 aromatic heterocycles. The van der Waals surface area contributed by atoms with Crippen molar-refractivity contribution in [3.63, 3.8) is 0 Å². The summed E-state index contributed by atoms with van der Waals surface area (Å²) in [5, 5.41) is 11.5. The Morgan fingerprint density at radius 1 is 0.966 bits per heavy atom. The highest BCUT2D eigenvalue weighted by Gasteiger charge is 2.28. The van der Waals surface area contributed by atoms with Gasteiger partial charge in [0.15, 0.2) is 0 Å². The third-order valence-electron chi connectivity index (χ3n) is 5.00. The van der Waals surface area contributed by atoms with E-state index in [2.05, 4.69) is 34.6 Å². The summed E-state index contributed by atoms with van der Waals surface area (Å²) in [5.74, 6) is -0.910. The molecule has 0 radical (unpaired) electrons. The Labute approximate surface area is 168 Å². The number of alkyl carbamates (subject to hydrolysis) is 1. The molecule has 0 aliphatic heterocycles. The lowest BCUT2D eigenvalue weighted by atomic mass is 9.98. The number of carbonyl (C=O) groups excluding carboxylic acids is 1. The molecular formula is C23H20N2O4. The van der Waals surface area contributed by atoms with Crippen molar-refractivity contribution in [2.45, 2.75) is 18.9 Å². The highest BCUT2D eigenvalue weighted by atomic mass is 16.5. The van der Waals surface area contributed by atoms with Crippen molar-refractivity contribution in [1.82, 2.24) is 10.3 Å². The van der Waals surface area contributed by atoms with Gasteiger partial charge in [-0.05, 0) is 33.9 Å². The van der Waals surface area contributed by atoms with Crippen LogP contribution in [0.5, 0.6) is 0 Å². The molecule has 3 aromatic rings. The van der Waals surface area contributed by atoms with Crippen LogP contribution in [0.3, 0.4) is 0 Å². The molecule has 29 heavy (non-hydrogen) atoms. The summed E-state index contributed by atoms with van der Waals surface area (Å²) in [6.45, 7) is 0.521. The van der Waals surface area contributed by atoms with Crippen LogP contribution in [0.4, 0.5) is 4.79 Å². The third-order valence-corrected chi connectivity index (χ3v) is 5.00. The fourth-order valence-corrected chi connectivity index (χ4v) is 3.64. The average Bonchev–Trinajstić information content (AvgIpc) is 3.05. The Morgan fingerprint density at radius 2 is 1.62 bits per heavy atom. The molecule has 6 heteroatoms. The third kappa shape index (κ3) is 4.11. The zero-order valence-corrected chi connectivity index (χ0v) is 15.7. The van der Waals surface area contributed by atoms with E-state index in [4.69, 9.17) is 9.84 Å². The van der Waals surface area contributed by atoms with Crippen LogP contribution in [0.15, 0.2) is 66.9 Å². The fourth-order valence-electron chi connectivity index (χ4n) is 3.64. The van der Waals surface area contributed by atoms with Gasteiger partial charge in [0.2, 0.25) is 0 Å². The Balaban J connectivity index is 1.35. The lowest BCUT2D eigenvalue weighted by Crippen LogP contribution is -2.25. The van der Waals surface area contributed by atoms with Gasteiger partial charge in [-0.25, -0.2) is 4.79 Å². The molecule has 0 unspecified atom stereocenters. The quantitative estimate of drug-likeness (QED) is 0.671. The van der Waals surface area contributed by atoms with Crippen LogP contribution in [0.25, 0.3) is 11.1 Å². The second-order valence-electron chi connectivity index (χ2n) is 6.91. The van der Waals surface area contributed by atoms with E-state index in [-0.39, 0.29) is 25.5 Å². The maximum atomic E-state index is 12.2. The van der Waals surface area contributed by atoms with Gasteiger partial charge in [0.25, 0.3) is 0 Å². The maximum Gasteiger partial charge on any atom is 0.407 e. The first-order valence-corrected chi connectivity index (χ1v) is 9.36. The van der Waals surface area contributed by atoms with E-state index < -0.39 is 12.1 Å². The number of fused-ring (bicyclic) bond motifs is 3. The molecule has 0 saturated carbocycles. The fraction of sp³-hybridized carbons (Fsp3) is 0.174. The Hall–Kier alpha value is -3.67. The number of carbonyl (C=O) groups is 2. The van der Waals surface area contributed by atoms with Crippen molar-refractivity contribution in [3.05, 3.63) is 89.2 Å². The van der Waals surface area contributed by atoms with Crippen LogP contribution in [0.1, 0.15) is 28.3 Å². The van der Waals surface area contributed by atoms with Crippen molar-refractivity contribution in [2.24, 2.45) is 0 Å². The van der Waals surface area contributed by atoms with Crippen molar-refractivity contribution < 1.29 is 19.4 Å². The summed E-state index contributed by atoms with van der Waals surface area (Å²) < 4.78 is 5.49. The standard InChI is InChI=1S/C23H20N2O4/c26-22(27)11-16-10-9-15(12-24-16)13-25-23(28)29-14-21-19-7-3-1-5-17(19)18-6-2-4-8-20(18)21/h1-10,12,21H,11,13-14H2,(H,25,28)(H,26,27). The molecule has 0 atom stereocenters. The first-order chi connectivity index (χ1) is 14.1. The highest BCUT2D eigenvalue weighted by molar-refractivity contribution is 5.79. The maximum absolute atomic E-state index is 12.2. The minimum atomic E-state index is -0.929. The number of hydrogen-bond donors (Lipinski definition) is 2. The normalized spacial score (nSPS) is 12.1. The molecule has 4 rings (SSSR count). The number of aliphatic carboxylic acids is 1. The first-order valence-electron chi connectivity index (χ1n) is 9.36. The minimum absolute atomic E-state index is 0.0186. The number of nitrogens with one attached hydrogen (secondary N) is 1. The zero-order valence-electron chi connectivity index (χ0n) is 15.7. The highest BCUT2D eigenvalue weighted by Crippen LogP contribution is 2.44. The van der Waals surface area contributed by atoms with Crippen LogP contribution >= 0.6 is 0 Å². The number of aromatic nitrogens is 1. The first kappa shape index (κ1) is 18.7. The van der Waals surface area contributed by atoms with Gasteiger partial charge in [-0.2, -0.15) is 0 Å². The van der Waals surface area contributed by atoms with Gasteiger partial charge >= 0.3 is 12.1 Å². The molecule has 0 bridgehead atoms. The molecule has 0 saturated heterocycles. The van der Waals surface area contributed by atoms with Crippen LogP contribution in [0, 0.1) is 0 Å². The number of rotatable bonds is 6. The monoisotopic (exact) mass is 388 g/mol. The number of pyridine rings is 1. The smallest absolute Gasteiger partial charge is 0.407 e. The van der Waals surface area contributed by atoms with Crippen molar-refractivity contribution >= 4 is 12.1 Å². The van der Waals surface area contributed by atoms with Gasteiger partial charge in [0.1, 0.15) is 6.61 Å². The summed E-state index contributed by atoms with van der Waals surface area (Å²) in [7, 11) is 0. The number of hydrogen-bond acceptors (Lipinski definition) is 4. The molecule has 0 fully saturated rings. The molecular weight excluding hydrogens is 368 g/mol. The summed E-state index contributed by atoms with van der Waals surface area (Å²) in [4.78, 5) is 27.0. The van der Waals surface area contributed by atoms with Crippen molar-refractivity contribution in [3.8, 4) is 11.1 Å². The molecule has 146 valence electrons. The summed E-state index contributed by atoms with van der Waals surface area (Å²) in [6, 6.07) is 19.7. The molecule has 2 aromatic carbocycles. The molecule has 1 heterocycles. The lowest BCUT2D eigenvalue weighted by Gasteiger charge is -2.14. The van der Waals surface area contributed by atoms with Gasteiger partial charge in [0, 0.05) is 18.7 Å². The Morgan fingerprint density at radius 3 is 2.21 bits per heavy atom. The van der Waals surface area contributed by atoms with Gasteiger partial charge in [-0.15, -0.1) is 0 Å². The largest absolute Gasteiger partial charge is 0.481 e. The molecule has 0 spiro atoms.